The Morgan fingerprint density at radius 2 is 2.15 bits per heavy atom. The van der Waals surface area contributed by atoms with Gasteiger partial charge in [0.1, 0.15) is 5.82 Å². The monoisotopic (exact) mass is 278 g/mol. The lowest BCUT2D eigenvalue weighted by molar-refractivity contribution is -0.132. The van der Waals surface area contributed by atoms with E-state index in [-0.39, 0.29) is 17.8 Å². The van der Waals surface area contributed by atoms with Crippen molar-refractivity contribution in [1.29, 1.82) is 0 Å². The molecule has 0 saturated carbocycles. The van der Waals surface area contributed by atoms with Crippen LogP contribution in [0.15, 0.2) is 24.3 Å². The molecule has 2 atom stereocenters. The summed E-state index contributed by atoms with van der Waals surface area (Å²) in [4.78, 5) is 14.0. The van der Waals surface area contributed by atoms with Crippen molar-refractivity contribution in [3.05, 3.63) is 35.6 Å². The number of carbonyl (C=O) groups is 1. The Kier molecular flexibility index (Phi) is 5.12. The van der Waals surface area contributed by atoms with Gasteiger partial charge >= 0.3 is 0 Å². The van der Waals surface area contributed by atoms with Gasteiger partial charge in [-0.15, -0.1) is 0 Å². The average Bonchev–Trinajstić information content (AvgIpc) is 2.97. The van der Waals surface area contributed by atoms with E-state index in [4.69, 9.17) is 0 Å². The van der Waals surface area contributed by atoms with Crippen molar-refractivity contribution in [3.8, 4) is 0 Å². The molecule has 0 bridgehead atoms. The number of hydrogen-bond donors (Lipinski definition) is 1. The van der Waals surface area contributed by atoms with Crippen LogP contribution in [0.4, 0.5) is 4.39 Å². The lowest BCUT2D eigenvalue weighted by atomic mass is 10.1. The van der Waals surface area contributed by atoms with Crippen molar-refractivity contribution in [2.45, 2.75) is 44.7 Å². The molecule has 0 aromatic heterocycles. The highest BCUT2D eigenvalue weighted by molar-refractivity contribution is 5.76. The molecule has 0 spiro atoms. The molecule has 1 aliphatic heterocycles. The van der Waals surface area contributed by atoms with Crippen LogP contribution >= 0.6 is 0 Å². The molecule has 20 heavy (non-hydrogen) atoms. The van der Waals surface area contributed by atoms with E-state index in [2.05, 4.69) is 5.32 Å². The van der Waals surface area contributed by atoms with Crippen LogP contribution < -0.4 is 5.32 Å². The number of hydrogen-bond acceptors (Lipinski definition) is 2. The van der Waals surface area contributed by atoms with E-state index in [1.807, 2.05) is 14.0 Å². The molecule has 110 valence electrons. The van der Waals surface area contributed by atoms with Gasteiger partial charge in [-0.2, -0.15) is 0 Å². The lowest BCUT2D eigenvalue weighted by Gasteiger charge is -2.26. The van der Waals surface area contributed by atoms with Crippen LogP contribution in [0.25, 0.3) is 0 Å². The number of benzene rings is 1. The fraction of sp³-hybridized carbons (Fsp3) is 0.562. The highest BCUT2D eigenvalue weighted by Gasteiger charge is 2.20. The highest BCUT2D eigenvalue weighted by atomic mass is 19.1. The van der Waals surface area contributed by atoms with Gasteiger partial charge < -0.3 is 10.2 Å². The first kappa shape index (κ1) is 15.0. The summed E-state index contributed by atoms with van der Waals surface area (Å²) >= 11 is 0. The van der Waals surface area contributed by atoms with Gasteiger partial charge in [-0.25, -0.2) is 4.39 Å². The van der Waals surface area contributed by atoms with Crippen molar-refractivity contribution < 1.29 is 9.18 Å². The molecular weight excluding hydrogens is 255 g/mol. The summed E-state index contributed by atoms with van der Waals surface area (Å²) in [5.41, 5.74) is 0.959. The first-order valence-electron chi connectivity index (χ1n) is 7.32. The quantitative estimate of drug-likeness (QED) is 0.898. The number of nitrogens with zero attached hydrogens (tertiary/aromatic N) is 1. The van der Waals surface area contributed by atoms with Crippen LogP contribution in [0.1, 0.15) is 44.2 Å². The maximum absolute atomic E-state index is 12.9. The maximum atomic E-state index is 12.9. The molecule has 2 unspecified atom stereocenters. The fourth-order valence-corrected chi connectivity index (χ4v) is 2.66. The predicted octanol–water partition coefficient (Wildman–Crippen LogP) is 2.88. The van der Waals surface area contributed by atoms with Crippen LogP contribution in [0.3, 0.4) is 0 Å². The topological polar surface area (TPSA) is 32.3 Å². The van der Waals surface area contributed by atoms with E-state index in [1.165, 1.54) is 25.0 Å². The largest absolute Gasteiger partial charge is 0.339 e. The van der Waals surface area contributed by atoms with Crippen molar-refractivity contribution in [1.82, 2.24) is 10.2 Å². The summed E-state index contributed by atoms with van der Waals surface area (Å²) < 4.78 is 12.9. The zero-order valence-corrected chi connectivity index (χ0v) is 12.2. The summed E-state index contributed by atoms with van der Waals surface area (Å²) in [6, 6.07) is 6.82. The molecule has 1 heterocycles. The van der Waals surface area contributed by atoms with E-state index >= 15 is 0 Å². The Bertz CT molecular complexity index is 440. The van der Waals surface area contributed by atoms with Gasteiger partial charge in [-0.05, 0) is 50.4 Å². The zero-order valence-electron chi connectivity index (χ0n) is 12.2. The first-order valence-corrected chi connectivity index (χ1v) is 7.32. The molecule has 1 N–H and O–H groups in total. The van der Waals surface area contributed by atoms with Crippen molar-refractivity contribution in [2.75, 3.05) is 13.6 Å². The van der Waals surface area contributed by atoms with Gasteiger partial charge in [-0.1, -0.05) is 12.1 Å². The molecule has 1 amide bonds. The minimum absolute atomic E-state index is 0.0281. The molecule has 1 aliphatic rings. The van der Waals surface area contributed by atoms with Crippen molar-refractivity contribution >= 4 is 5.91 Å². The van der Waals surface area contributed by atoms with Gasteiger partial charge in [0.05, 0.1) is 6.04 Å². The Morgan fingerprint density at radius 3 is 2.75 bits per heavy atom. The molecule has 1 aromatic carbocycles. The van der Waals surface area contributed by atoms with Crippen LogP contribution in [-0.4, -0.2) is 30.4 Å². The first-order chi connectivity index (χ1) is 9.58. The highest BCUT2D eigenvalue weighted by Crippen LogP contribution is 2.20. The van der Waals surface area contributed by atoms with Gasteiger partial charge in [0.25, 0.3) is 0 Å². The third kappa shape index (κ3) is 3.79. The van der Waals surface area contributed by atoms with Crippen LogP contribution in [0, 0.1) is 5.82 Å². The summed E-state index contributed by atoms with van der Waals surface area (Å²) in [5.74, 6) is -0.0993. The second kappa shape index (κ2) is 6.84. The minimum atomic E-state index is -0.248. The number of carbonyl (C=O) groups excluding carboxylic acids is 1. The molecular formula is C16H23FN2O. The SMILES string of the molecule is CC(c1ccc(F)cc1)N(C)C(=O)CCC1CCCN1. The summed E-state index contributed by atoms with van der Waals surface area (Å²) in [6.07, 6.45) is 3.85. The Labute approximate surface area is 120 Å². The number of amides is 1. The van der Waals surface area contributed by atoms with E-state index < -0.39 is 0 Å². The second-order valence-corrected chi connectivity index (χ2v) is 5.56. The minimum Gasteiger partial charge on any atom is -0.339 e. The molecule has 2 rings (SSSR count). The van der Waals surface area contributed by atoms with Gasteiger partial charge in [0.15, 0.2) is 0 Å². The van der Waals surface area contributed by atoms with Crippen molar-refractivity contribution in [3.63, 3.8) is 0 Å². The summed E-state index contributed by atoms with van der Waals surface area (Å²) in [7, 11) is 1.82. The molecule has 1 aromatic rings. The normalized spacial score (nSPS) is 19.9. The van der Waals surface area contributed by atoms with Gasteiger partial charge in [-0.3, -0.25) is 4.79 Å². The van der Waals surface area contributed by atoms with E-state index in [1.54, 1.807) is 17.0 Å². The molecule has 4 heteroatoms. The molecule has 1 saturated heterocycles. The third-order valence-corrected chi connectivity index (χ3v) is 4.20. The van der Waals surface area contributed by atoms with Gasteiger partial charge in [0.2, 0.25) is 5.91 Å². The lowest BCUT2D eigenvalue weighted by Crippen LogP contribution is -2.31. The standard InChI is InChI=1S/C16H23FN2O/c1-12(13-5-7-14(17)8-6-13)19(2)16(20)10-9-15-4-3-11-18-15/h5-8,12,15,18H,3-4,9-11H2,1-2H3. The van der Waals surface area contributed by atoms with Gasteiger partial charge in [0, 0.05) is 19.5 Å². The molecule has 3 nitrogen and oxygen atoms in total. The summed E-state index contributed by atoms with van der Waals surface area (Å²) in [6.45, 7) is 3.04. The molecule has 0 radical (unpaired) electrons. The molecule has 1 fully saturated rings. The average molecular weight is 278 g/mol. The fourth-order valence-electron chi connectivity index (χ4n) is 2.66. The Morgan fingerprint density at radius 1 is 1.45 bits per heavy atom. The number of nitrogens with one attached hydrogen (secondary N) is 1. The van der Waals surface area contributed by atoms with E-state index in [9.17, 15) is 9.18 Å². The number of halogens is 1. The third-order valence-electron chi connectivity index (χ3n) is 4.20. The number of rotatable bonds is 5. The second-order valence-electron chi connectivity index (χ2n) is 5.56. The van der Waals surface area contributed by atoms with Crippen LogP contribution in [0.2, 0.25) is 0 Å². The molecule has 0 aliphatic carbocycles. The summed E-state index contributed by atoms with van der Waals surface area (Å²) in [5, 5.41) is 3.41. The van der Waals surface area contributed by atoms with E-state index in [0.717, 1.165) is 18.5 Å². The maximum Gasteiger partial charge on any atom is 0.222 e. The zero-order chi connectivity index (χ0) is 14.5. The smallest absolute Gasteiger partial charge is 0.222 e. The Hall–Kier alpha value is -1.42. The Balaban J connectivity index is 1.86. The van der Waals surface area contributed by atoms with Crippen molar-refractivity contribution in [2.24, 2.45) is 0 Å². The van der Waals surface area contributed by atoms with E-state index in [0.29, 0.717) is 12.5 Å². The van der Waals surface area contributed by atoms with Crippen LogP contribution in [0.5, 0.6) is 0 Å². The van der Waals surface area contributed by atoms with Crippen LogP contribution in [-0.2, 0) is 4.79 Å². The predicted molar refractivity (Wildman–Crippen MR) is 77.8 cm³/mol.